The molecule has 0 atom stereocenters. The summed E-state index contributed by atoms with van der Waals surface area (Å²) in [5.74, 6) is -0.440. The van der Waals surface area contributed by atoms with Crippen LogP contribution in [0, 0.1) is 12.7 Å². The number of sulfonamides is 1. The van der Waals surface area contributed by atoms with Crippen molar-refractivity contribution in [1.82, 2.24) is 24.7 Å². The van der Waals surface area contributed by atoms with Crippen molar-refractivity contribution in [1.29, 1.82) is 0 Å². The number of aryl methyl sites for hydroxylation is 1. The Kier molecular flexibility index (Phi) is 6.15. The number of halogens is 1. The topological polar surface area (TPSA) is 123 Å². The largest absolute Gasteiger partial charge is 0.455 e. The van der Waals surface area contributed by atoms with Gasteiger partial charge in [-0.05, 0) is 55.5 Å². The van der Waals surface area contributed by atoms with E-state index in [0.29, 0.717) is 66.7 Å². The minimum atomic E-state index is -3.72. The summed E-state index contributed by atoms with van der Waals surface area (Å²) in [5, 5.41) is 3.58. The summed E-state index contributed by atoms with van der Waals surface area (Å²) in [6.07, 6.45) is 4.35. The third kappa shape index (κ3) is 4.25. The van der Waals surface area contributed by atoms with Gasteiger partial charge in [-0.2, -0.15) is 0 Å². The number of carbonyl (C=O) groups is 1. The smallest absolute Gasteiger partial charge is 0.255 e. The van der Waals surface area contributed by atoms with E-state index in [1.807, 2.05) is 19.1 Å². The molecule has 44 heavy (non-hydrogen) atoms. The van der Waals surface area contributed by atoms with Crippen molar-refractivity contribution in [3.63, 3.8) is 0 Å². The van der Waals surface area contributed by atoms with Gasteiger partial charge < -0.3 is 9.73 Å². The normalized spacial score (nSPS) is 12.0. The molecule has 0 aliphatic heterocycles. The second-order valence-electron chi connectivity index (χ2n) is 10.6. The van der Waals surface area contributed by atoms with E-state index < -0.39 is 10.0 Å². The number of nitrogens with zero attached hydrogens (tertiary/aromatic N) is 5. The molecular weight excluding hydrogens is 583 g/mol. The van der Waals surface area contributed by atoms with E-state index in [4.69, 9.17) is 9.40 Å². The lowest BCUT2D eigenvalue weighted by Gasteiger charge is -2.20. The van der Waals surface area contributed by atoms with Crippen LogP contribution in [0.3, 0.4) is 0 Å². The van der Waals surface area contributed by atoms with E-state index >= 15 is 0 Å². The van der Waals surface area contributed by atoms with Gasteiger partial charge in [-0.3, -0.25) is 18.5 Å². The monoisotopic (exact) mass is 608 g/mol. The predicted octanol–water partition coefficient (Wildman–Crippen LogP) is 5.71. The van der Waals surface area contributed by atoms with Gasteiger partial charge in [0.2, 0.25) is 10.0 Å². The fourth-order valence-corrected chi connectivity index (χ4v) is 5.98. The predicted molar refractivity (Wildman–Crippen MR) is 168 cm³/mol. The fraction of sp³-hybridized carbons (Fsp3) is 0.125. The van der Waals surface area contributed by atoms with E-state index in [9.17, 15) is 17.6 Å². The molecule has 5 heterocycles. The highest BCUT2D eigenvalue weighted by molar-refractivity contribution is 7.92. The van der Waals surface area contributed by atoms with Crippen molar-refractivity contribution < 1.29 is 22.0 Å². The molecule has 0 fully saturated rings. The Morgan fingerprint density at radius 1 is 1.02 bits per heavy atom. The summed E-state index contributed by atoms with van der Waals surface area (Å²) in [4.78, 5) is 27.1. The molecule has 0 aliphatic carbocycles. The van der Waals surface area contributed by atoms with Crippen molar-refractivity contribution >= 4 is 60.0 Å². The van der Waals surface area contributed by atoms with Gasteiger partial charge >= 0.3 is 0 Å². The molecule has 0 spiro atoms. The van der Waals surface area contributed by atoms with E-state index in [-0.39, 0.29) is 17.3 Å². The second-order valence-corrected chi connectivity index (χ2v) is 12.6. The number of anilines is 1. The average molecular weight is 609 g/mol. The molecule has 12 heteroatoms. The molecular formula is C32H25FN6O4S. The number of aromatic nitrogens is 4. The first-order valence-electron chi connectivity index (χ1n) is 13.6. The lowest BCUT2D eigenvalue weighted by molar-refractivity contribution is 0.0964. The zero-order chi connectivity index (χ0) is 30.9. The number of hydrogen-bond donors (Lipinski definition) is 1. The van der Waals surface area contributed by atoms with Gasteiger partial charge in [-0.1, -0.05) is 6.07 Å². The number of furan rings is 1. The standard InChI is InChI=1S/C32H25FN6O4S/c1-17-8-9-18(15-35-17)31-29(32(40)34-2)21-12-20(26(14-28(21)43-31)38(3)44(4,41)42)23-10-11-24-30(37-23)27-13-19-22(33)6-5-7-25(19)39(27)16-36-24/h5-16H,1-4H3,(H,34,40). The van der Waals surface area contributed by atoms with E-state index in [0.717, 1.165) is 16.3 Å². The van der Waals surface area contributed by atoms with Crippen molar-refractivity contribution in [3.05, 3.63) is 90.3 Å². The summed E-state index contributed by atoms with van der Waals surface area (Å²) < 4.78 is 49.4. The highest BCUT2D eigenvalue weighted by atomic mass is 32.2. The van der Waals surface area contributed by atoms with E-state index in [1.165, 1.54) is 20.2 Å². The molecule has 220 valence electrons. The Hall–Kier alpha value is -5.36. The number of nitrogens with one attached hydrogen (secondary N) is 1. The average Bonchev–Trinajstić information content (AvgIpc) is 3.59. The Bertz CT molecular complexity index is 2420. The molecule has 0 saturated carbocycles. The number of rotatable bonds is 5. The maximum atomic E-state index is 14.7. The Labute approximate surface area is 250 Å². The molecule has 0 aliphatic rings. The first-order chi connectivity index (χ1) is 21.0. The maximum Gasteiger partial charge on any atom is 0.255 e. The molecule has 7 rings (SSSR count). The molecule has 0 saturated heterocycles. The van der Waals surface area contributed by atoms with Crippen molar-refractivity contribution in [2.75, 3.05) is 24.7 Å². The number of pyridine rings is 2. The first kappa shape index (κ1) is 27.5. The van der Waals surface area contributed by atoms with Crippen molar-refractivity contribution in [2.45, 2.75) is 6.92 Å². The number of benzene rings is 2. The van der Waals surface area contributed by atoms with Crippen molar-refractivity contribution in [2.24, 2.45) is 0 Å². The first-order valence-corrected chi connectivity index (χ1v) is 15.4. The zero-order valence-electron chi connectivity index (χ0n) is 24.1. The number of carbonyl (C=O) groups excluding carboxylic acids is 1. The van der Waals surface area contributed by atoms with Crippen LogP contribution in [0.1, 0.15) is 16.1 Å². The Balaban J connectivity index is 1.54. The van der Waals surface area contributed by atoms with Crippen LogP contribution in [0.15, 0.2) is 77.6 Å². The van der Waals surface area contributed by atoms with Crippen LogP contribution < -0.4 is 9.62 Å². The third-order valence-corrected chi connectivity index (χ3v) is 9.00. The lowest BCUT2D eigenvalue weighted by atomic mass is 10.0. The number of hydrogen-bond acceptors (Lipinski definition) is 7. The molecule has 0 unspecified atom stereocenters. The maximum absolute atomic E-state index is 14.7. The van der Waals surface area contributed by atoms with E-state index in [2.05, 4.69) is 15.3 Å². The highest BCUT2D eigenvalue weighted by Gasteiger charge is 2.26. The summed E-state index contributed by atoms with van der Waals surface area (Å²) in [5.41, 5.74) is 5.50. The fourth-order valence-electron chi connectivity index (χ4n) is 5.47. The molecule has 2 aromatic carbocycles. The summed E-state index contributed by atoms with van der Waals surface area (Å²) in [6, 6.07) is 17.0. The van der Waals surface area contributed by atoms with Gasteiger partial charge in [-0.25, -0.2) is 22.8 Å². The van der Waals surface area contributed by atoms with Crippen LogP contribution in [0.25, 0.3) is 61.0 Å². The lowest BCUT2D eigenvalue weighted by Crippen LogP contribution is -2.25. The molecule has 0 bridgehead atoms. The van der Waals surface area contributed by atoms with Crippen LogP contribution in [-0.4, -0.2) is 54.0 Å². The van der Waals surface area contributed by atoms with Crippen LogP contribution in [0.4, 0.5) is 10.1 Å². The third-order valence-electron chi connectivity index (χ3n) is 7.81. The van der Waals surface area contributed by atoms with Gasteiger partial charge in [-0.15, -0.1) is 0 Å². The molecule has 0 radical (unpaired) electrons. The van der Waals surface area contributed by atoms with Gasteiger partial charge in [0.05, 0.1) is 39.8 Å². The van der Waals surface area contributed by atoms with Crippen LogP contribution in [0.2, 0.25) is 0 Å². The molecule has 7 aromatic rings. The van der Waals surface area contributed by atoms with Crippen LogP contribution in [-0.2, 0) is 10.0 Å². The zero-order valence-corrected chi connectivity index (χ0v) is 24.9. The number of amides is 1. The molecule has 1 amide bonds. The van der Waals surface area contributed by atoms with Crippen LogP contribution in [0.5, 0.6) is 0 Å². The minimum Gasteiger partial charge on any atom is -0.455 e. The highest BCUT2D eigenvalue weighted by Crippen LogP contribution is 2.41. The molecule has 10 nitrogen and oxygen atoms in total. The Morgan fingerprint density at radius 3 is 2.57 bits per heavy atom. The summed E-state index contributed by atoms with van der Waals surface area (Å²) in [6.45, 7) is 1.86. The quantitative estimate of drug-likeness (QED) is 0.265. The van der Waals surface area contributed by atoms with Gasteiger partial charge in [0.25, 0.3) is 5.91 Å². The van der Waals surface area contributed by atoms with Crippen LogP contribution >= 0.6 is 0 Å². The second kappa shape index (κ2) is 9.85. The van der Waals surface area contributed by atoms with Gasteiger partial charge in [0, 0.05) is 54.0 Å². The van der Waals surface area contributed by atoms with Gasteiger partial charge in [0.1, 0.15) is 29.0 Å². The van der Waals surface area contributed by atoms with Gasteiger partial charge in [0.15, 0.2) is 0 Å². The Morgan fingerprint density at radius 2 is 1.84 bits per heavy atom. The minimum absolute atomic E-state index is 0.279. The SMILES string of the molecule is CNC(=O)c1c(-c2ccc(C)nc2)oc2cc(N(C)S(C)(=O)=O)c(-c3ccc4ncn5c6cccc(F)c6cc5c4n3)cc12. The summed E-state index contributed by atoms with van der Waals surface area (Å²) >= 11 is 0. The molecule has 1 N–H and O–H groups in total. The van der Waals surface area contributed by atoms with Crippen molar-refractivity contribution in [3.8, 4) is 22.6 Å². The number of fused-ring (bicyclic) bond motifs is 6. The van der Waals surface area contributed by atoms with E-state index in [1.54, 1.807) is 59.4 Å². The summed E-state index contributed by atoms with van der Waals surface area (Å²) in [7, 11) is -0.752. The molecule has 5 aromatic heterocycles.